The van der Waals surface area contributed by atoms with Crippen LogP contribution in [-0.4, -0.2) is 21.9 Å². The van der Waals surface area contributed by atoms with Crippen molar-refractivity contribution >= 4 is 7.82 Å². The molecule has 26 N–H and O–H groups in total. The molecule has 0 atom stereocenters. The van der Waals surface area contributed by atoms with E-state index in [1.807, 2.05) is 0 Å². The minimum Gasteiger partial charge on any atom is -0.822 e. The quantitative estimate of drug-likeness (QED) is 0.230. The normalized spacial score (nSPS) is 3.69. The maximum atomic E-state index is 8.55. The SMILES string of the molecule is N.N.N.N.N.N.O.O.O.O.O=P([O-])([O-])[O-].[Cr+3]. The van der Waals surface area contributed by atoms with Gasteiger partial charge in [-0.1, -0.05) is 0 Å². The molecule has 0 aliphatic rings. The summed E-state index contributed by atoms with van der Waals surface area (Å²) in [5.74, 6) is 0. The molecule has 1 radical (unpaired) electrons. The molecule has 0 aromatic rings. The van der Waals surface area contributed by atoms with E-state index in [9.17, 15) is 0 Å². The summed E-state index contributed by atoms with van der Waals surface area (Å²) in [5.41, 5.74) is 0. The first-order chi connectivity index (χ1) is 2.00. The van der Waals surface area contributed by atoms with Gasteiger partial charge in [0.05, 0.1) is 0 Å². The monoisotopic (exact) mass is 321 g/mol. The summed E-state index contributed by atoms with van der Waals surface area (Å²) in [6, 6.07) is 0. The van der Waals surface area contributed by atoms with Crippen LogP contribution >= 0.6 is 7.82 Å². The largest absolute Gasteiger partial charge is 3.00 e. The zero-order valence-corrected chi connectivity index (χ0v) is 10.9. The molecule has 0 aliphatic heterocycles. The van der Waals surface area contributed by atoms with Gasteiger partial charge >= 0.3 is 17.4 Å². The molecule has 0 spiro atoms. The van der Waals surface area contributed by atoms with Crippen molar-refractivity contribution in [3.63, 3.8) is 0 Å². The van der Waals surface area contributed by atoms with Gasteiger partial charge in [0.25, 0.3) is 0 Å². The van der Waals surface area contributed by atoms with Crippen LogP contribution in [0.25, 0.3) is 0 Å². The van der Waals surface area contributed by atoms with Gasteiger partial charge in [-0.25, -0.2) is 0 Å². The van der Waals surface area contributed by atoms with Crippen molar-refractivity contribution in [3.05, 3.63) is 0 Å². The van der Waals surface area contributed by atoms with Crippen LogP contribution in [0.4, 0.5) is 0 Å². The second-order valence-electron chi connectivity index (χ2n) is 0.447. The van der Waals surface area contributed by atoms with Gasteiger partial charge in [0.15, 0.2) is 0 Å². The van der Waals surface area contributed by atoms with Crippen molar-refractivity contribution in [3.8, 4) is 0 Å². The third-order valence-corrected chi connectivity index (χ3v) is 0. The van der Waals surface area contributed by atoms with Crippen molar-refractivity contribution in [2.24, 2.45) is 0 Å². The Balaban J connectivity index is -0.00000000145. The van der Waals surface area contributed by atoms with E-state index < -0.39 is 7.82 Å². The van der Waals surface area contributed by atoms with Crippen molar-refractivity contribution < 1.29 is 58.5 Å². The van der Waals surface area contributed by atoms with Crippen LogP contribution in [0.15, 0.2) is 0 Å². The standard InChI is InChI=1S/Cr.6H3N.H3O4P.4H2O/c;;;;;;;1-5(2,3)4;;;;/h;6*1H3;(H3,1,2,3,4);4*1H2/q+3;;;;;;;;;;;/p-3. The maximum absolute atomic E-state index is 8.55. The fourth-order valence-corrected chi connectivity index (χ4v) is 0. The van der Waals surface area contributed by atoms with E-state index >= 15 is 0 Å². The van der Waals surface area contributed by atoms with E-state index in [1.165, 1.54) is 0 Å². The van der Waals surface area contributed by atoms with Crippen LogP contribution in [0.1, 0.15) is 0 Å². The van der Waals surface area contributed by atoms with Crippen LogP contribution in [0.3, 0.4) is 0 Å². The summed E-state index contributed by atoms with van der Waals surface area (Å²) in [5, 5.41) is 0. The zero-order chi connectivity index (χ0) is 4.50. The number of phosphoric acid groups is 1. The van der Waals surface area contributed by atoms with E-state index in [0.717, 1.165) is 0 Å². The minimum absolute atomic E-state index is 0. The molecule has 0 amide bonds. The zero-order valence-electron chi connectivity index (χ0n) is 8.73. The number of hydrogen-bond acceptors (Lipinski definition) is 10. The topological polar surface area (TPSA) is 422 Å². The maximum Gasteiger partial charge on any atom is 3.00 e. The third-order valence-electron chi connectivity index (χ3n) is 0. The summed E-state index contributed by atoms with van der Waals surface area (Å²) in [7, 11) is -5.39. The van der Waals surface area contributed by atoms with Gasteiger partial charge in [-0.05, 0) is 0 Å². The molecule has 0 aliphatic carbocycles. The average Bonchev–Trinajstić information content (AvgIpc) is 0.722. The third kappa shape index (κ3) is 42500. The molecule has 0 unspecified atom stereocenters. The fraction of sp³-hybridized carbons (Fsp3) is 0. The average molecular weight is 321 g/mol. The molecule has 0 bridgehead atoms. The Kier molecular flexibility index (Phi) is 1040. The fourth-order valence-electron chi connectivity index (χ4n) is 0. The summed E-state index contributed by atoms with van der Waals surface area (Å²) in [6.07, 6.45) is 0. The van der Waals surface area contributed by atoms with Crippen molar-refractivity contribution in [2.75, 3.05) is 0 Å². The van der Waals surface area contributed by atoms with Gasteiger partial charge in [-0.15, -0.1) is 0 Å². The molecular formula is H26CrN6O8P. The molecule has 115 valence electrons. The Morgan fingerprint density at radius 3 is 0.562 bits per heavy atom. The summed E-state index contributed by atoms with van der Waals surface area (Å²) in [4.78, 5) is 25.6. The minimum atomic E-state index is -5.39. The predicted octanol–water partition coefficient (Wildman–Crippen LogP) is -5.15. The van der Waals surface area contributed by atoms with Crippen LogP contribution in [-0.2, 0) is 21.9 Å². The summed E-state index contributed by atoms with van der Waals surface area (Å²) in [6.45, 7) is 0. The smallest absolute Gasteiger partial charge is 0.822 e. The van der Waals surface area contributed by atoms with Crippen LogP contribution in [0.2, 0.25) is 0 Å². The first kappa shape index (κ1) is 210. The van der Waals surface area contributed by atoms with E-state index in [4.69, 9.17) is 19.2 Å². The van der Waals surface area contributed by atoms with Gasteiger partial charge in [-0.3, -0.25) is 0 Å². The first-order valence-corrected chi connectivity index (χ1v) is 2.19. The molecular weight excluding hydrogens is 295 g/mol. The Hall–Kier alpha value is 0.242. The van der Waals surface area contributed by atoms with E-state index in [-0.39, 0.29) is 76.2 Å². The summed E-state index contributed by atoms with van der Waals surface area (Å²) >= 11 is 0. The van der Waals surface area contributed by atoms with Crippen LogP contribution < -0.4 is 51.6 Å². The van der Waals surface area contributed by atoms with Gasteiger partial charge in [0.2, 0.25) is 0 Å². The van der Waals surface area contributed by atoms with Gasteiger partial charge in [-0.2, -0.15) is 7.82 Å². The van der Waals surface area contributed by atoms with E-state index in [0.29, 0.717) is 0 Å². The van der Waals surface area contributed by atoms with Crippen molar-refractivity contribution in [1.82, 2.24) is 36.9 Å². The van der Waals surface area contributed by atoms with Crippen molar-refractivity contribution in [2.45, 2.75) is 0 Å². The number of hydrogen-bond donors (Lipinski definition) is 6. The molecule has 0 saturated carbocycles. The van der Waals surface area contributed by atoms with Gasteiger partial charge in [0, 0.05) is 0 Å². The molecule has 0 saturated heterocycles. The Labute approximate surface area is 104 Å². The Morgan fingerprint density at radius 1 is 0.562 bits per heavy atom. The van der Waals surface area contributed by atoms with Gasteiger partial charge < -0.3 is 78.1 Å². The molecule has 0 fully saturated rings. The van der Waals surface area contributed by atoms with Crippen LogP contribution in [0, 0.1) is 0 Å². The van der Waals surface area contributed by atoms with Crippen molar-refractivity contribution in [1.29, 1.82) is 0 Å². The molecule has 16 heteroatoms. The van der Waals surface area contributed by atoms with Crippen LogP contribution in [0.5, 0.6) is 0 Å². The van der Waals surface area contributed by atoms with E-state index in [1.54, 1.807) is 0 Å². The van der Waals surface area contributed by atoms with Gasteiger partial charge in [0.1, 0.15) is 0 Å². The Bertz CT molecular complexity index is 70.7. The molecule has 0 aromatic heterocycles. The summed E-state index contributed by atoms with van der Waals surface area (Å²) < 4.78 is 8.55. The predicted molar refractivity (Wildman–Crippen MR) is 52.2 cm³/mol. The molecule has 14 nitrogen and oxygen atoms in total. The molecule has 0 rings (SSSR count). The molecule has 16 heavy (non-hydrogen) atoms. The first-order valence-electron chi connectivity index (χ1n) is 0.730. The van der Waals surface area contributed by atoms with E-state index in [2.05, 4.69) is 0 Å². The second kappa shape index (κ2) is 79.3. The molecule has 0 heterocycles. The molecule has 0 aromatic carbocycles. The Morgan fingerprint density at radius 2 is 0.562 bits per heavy atom. The number of rotatable bonds is 0. The second-order valence-corrected chi connectivity index (χ2v) is 1.34.